The van der Waals surface area contributed by atoms with Crippen LogP contribution in [0.4, 0.5) is 0 Å². The molecule has 0 aromatic carbocycles. The topological polar surface area (TPSA) is 39.2 Å². The van der Waals surface area contributed by atoms with Crippen LogP contribution in [0.5, 0.6) is 0 Å². The van der Waals surface area contributed by atoms with Crippen LogP contribution in [0, 0.1) is 0 Å². The molecule has 14 heavy (non-hydrogen) atoms. The van der Waals surface area contributed by atoms with Gasteiger partial charge < -0.3 is 4.74 Å². The number of unbranched alkanes of at least 4 members (excludes halogenated alkanes) is 1. The molecular formula is C10H13CaNO2. The predicted octanol–water partition coefficient (Wildman–Crippen LogP) is 1.66. The van der Waals surface area contributed by atoms with Gasteiger partial charge in [-0.2, -0.15) is 0 Å². The number of hydrogen-bond acceptors (Lipinski definition) is 3. The van der Waals surface area contributed by atoms with Gasteiger partial charge in [0.15, 0.2) is 0 Å². The van der Waals surface area contributed by atoms with E-state index in [4.69, 9.17) is 4.74 Å². The summed E-state index contributed by atoms with van der Waals surface area (Å²) in [6.45, 7) is 2.54. The first kappa shape index (κ1) is 13.9. The van der Waals surface area contributed by atoms with E-state index in [1.807, 2.05) is 0 Å². The number of carbonyl (C=O) groups is 1. The Kier molecular flexibility index (Phi) is 8.14. The molecule has 0 spiro atoms. The Morgan fingerprint density at radius 3 is 2.93 bits per heavy atom. The number of pyridine rings is 1. The summed E-state index contributed by atoms with van der Waals surface area (Å²) in [6, 6.07) is 3.41. The number of carbonyl (C=O) groups excluding carboxylic acids is 1. The molecule has 1 heterocycles. The second-order valence-corrected chi connectivity index (χ2v) is 2.73. The van der Waals surface area contributed by atoms with E-state index in [2.05, 4.69) is 11.9 Å². The molecule has 0 aliphatic heterocycles. The molecule has 0 aliphatic carbocycles. The summed E-state index contributed by atoms with van der Waals surface area (Å²) in [5.74, 6) is -0.290. The maximum Gasteiger partial charge on any atom is 0.339 e. The van der Waals surface area contributed by atoms with Crippen molar-refractivity contribution >= 4 is 43.7 Å². The quantitative estimate of drug-likeness (QED) is 0.439. The van der Waals surface area contributed by atoms with Crippen LogP contribution in [-0.4, -0.2) is 55.3 Å². The van der Waals surface area contributed by atoms with Crippen molar-refractivity contribution in [2.75, 3.05) is 6.61 Å². The van der Waals surface area contributed by atoms with Crippen molar-refractivity contribution in [3.63, 3.8) is 0 Å². The first-order chi connectivity index (χ1) is 6.34. The van der Waals surface area contributed by atoms with Crippen LogP contribution in [0.25, 0.3) is 0 Å². The predicted molar refractivity (Wildman–Crippen MR) is 55.2 cm³/mol. The molecule has 0 fully saturated rings. The zero-order valence-corrected chi connectivity index (χ0v) is 10.6. The third-order valence-corrected chi connectivity index (χ3v) is 1.63. The fraction of sp³-hybridized carbons (Fsp3) is 0.400. The van der Waals surface area contributed by atoms with Gasteiger partial charge in [0.05, 0.1) is 12.2 Å². The molecule has 0 amide bonds. The maximum absolute atomic E-state index is 11.3. The van der Waals surface area contributed by atoms with Crippen LogP contribution in [0.3, 0.4) is 0 Å². The molecule has 2 radical (unpaired) electrons. The molecule has 1 rings (SSSR count). The second-order valence-electron chi connectivity index (χ2n) is 2.73. The van der Waals surface area contributed by atoms with Gasteiger partial charge in [0.2, 0.25) is 0 Å². The average Bonchev–Trinajstić information content (AvgIpc) is 2.19. The second kappa shape index (κ2) is 8.21. The number of hydrogen-bond donors (Lipinski definition) is 0. The van der Waals surface area contributed by atoms with Gasteiger partial charge in [-0.3, -0.25) is 4.98 Å². The molecule has 0 unspecified atom stereocenters. The van der Waals surface area contributed by atoms with Crippen molar-refractivity contribution < 1.29 is 9.53 Å². The van der Waals surface area contributed by atoms with Crippen LogP contribution < -0.4 is 0 Å². The van der Waals surface area contributed by atoms with Gasteiger partial charge in [-0.1, -0.05) is 13.3 Å². The van der Waals surface area contributed by atoms with Gasteiger partial charge >= 0.3 is 5.97 Å². The van der Waals surface area contributed by atoms with E-state index in [0.717, 1.165) is 12.8 Å². The van der Waals surface area contributed by atoms with Crippen molar-refractivity contribution in [3.8, 4) is 0 Å². The molecule has 4 heteroatoms. The Morgan fingerprint density at radius 1 is 1.57 bits per heavy atom. The average molecular weight is 219 g/mol. The van der Waals surface area contributed by atoms with Gasteiger partial charge in [0, 0.05) is 50.1 Å². The first-order valence-electron chi connectivity index (χ1n) is 4.41. The SMILES string of the molecule is CCCCOC(=O)c1cccnc1.[Ca]. The molecule has 72 valence electrons. The van der Waals surface area contributed by atoms with Crippen molar-refractivity contribution in [1.82, 2.24) is 4.98 Å². The van der Waals surface area contributed by atoms with Gasteiger partial charge in [0.1, 0.15) is 0 Å². The smallest absolute Gasteiger partial charge is 0.339 e. The van der Waals surface area contributed by atoms with Gasteiger partial charge in [0.25, 0.3) is 0 Å². The van der Waals surface area contributed by atoms with Crippen molar-refractivity contribution in [1.29, 1.82) is 0 Å². The van der Waals surface area contributed by atoms with Crippen LogP contribution in [-0.2, 0) is 4.74 Å². The molecule has 3 nitrogen and oxygen atoms in total. The largest absolute Gasteiger partial charge is 0.462 e. The van der Waals surface area contributed by atoms with Crippen molar-refractivity contribution in [3.05, 3.63) is 30.1 Å². The summed E-state index contributed by atoms with van der Waals surface area (Å²) in [5.41, 5.74) is 0.513. The summed E-state index contributed by atoms with van der Waals surface area (Å²) >= 11 is 0. The number of ether oxygens (including phenoxy) is 1. The fourth-order valence-corrected chi connectivity index (χ4v) is 0.876. The number of aromatic nitrogens is 1. The van der Waals surface area contributed by atoms with Crippen molar-refractivity contribution in [2.24, 2.45) is 0 Å². The summed E-state index contributed by atoms with van der Waals surface area (Å²) < 4.78 is 4.99. The molecule has 1 aromatic rings. The zero-order valence-electron chi connectivity index (χ0n) is 8.40. The fourth-order valence-electron chi connectivity index (χ4n) is 0.876. The van der Waals surface area contributed by atoms with Gasteiger partial charge in [-0.15, -0.1) is 0 Å². The Hall–Kier alpha value is -0.120. The third-order valence-electron chi connectivity index (χ3n) is 1.63. The van der Waals surface area contributed by atoms with Crippen LogP contribution >= 0.6 is 0 Å². The van der Waals surface area contributed by atoms with Gasteiger partial charge in [-0.25, -0.2) is 4.79 Å². The number of nitrogens with zero attached hydrogens (tertiary/aromatic N) is 1. The Balaban J connectivity index is 0.00000169. The van der Waals surface area contributed by atoms with E-state index < -0.39 is 0 Å². The Bertz CT molecular complexity index is 264. The van der Waals surface area contributed by atoms with E-state index in [9.17, 15) is 4.79 Å². The van der Waals surface area contributed by atoms with E-state index in [1.54, 1.807) is 18.3 Å². The summed E-state index contributed by atoms with van der Waals surface area (Å²) in [7, 11) is 0. The summed E-state index contributed by atoms with van der Waals surface area (Å²) in [4.78, 5) is 15.1. The summed E-state index contributed by atoms with van der Waals surface area (Å²) in [5, 5.41) is 0. The van der Waals surface area contributed by atoms with Crippen LogP contribution in [0.1, 0.15) is 30.1 Å². The van der Waals surface area contributed by atoms with Crippen LogP contribution in [0.2, 0.25) is 0 Å². The molecule has 0 saturated carbocycles. The van der Waals surface area contributed by atoms with E-state index >= 15 is 0 Å². The minimum Gasteiger partial charge on any atom is -0.462 e. The standard InChI is InChI=1S/C10H13NO2.Ca/c1-2-3-7-13-10(12)9-5-4-6-11-8-9;/h4-6,8H,2-3,7H2,1H3;. The maximum atomic E-state index is 11.3. The molecule has 0 N–H and O–H groups in total. The molecule has 0 bridgehead atoms. The molecule has 1 aromatic heterocycles. The molecule has 0 saturated heterocycles. The van der Waals surface area contributed by atoms with Crippen molar-refractivity contribution in [2.45, 2.75) is 19.8 Å². The van der Waals surface area contributed by atoms with Crippen LogP contribution in [0.15, 0.2) is 24.5 Å². The number of esters is 1. The normalized spacial score (nSPS) is 8.93. The summed E-state index contributed by atoms with van der Waals surface area (Å²) in [6.07, 6.45) is 5.07. The Labute approximate surface area is 114 Å². The molecule has 0 atom stereocenters. The molecular weight excluding hydrogens is 206 g/mol. The van der Waals surface area contributed by atoms with E-state index in [1.165, 1.54) is 6.20 Å². The third kappa shape index (κ3) is 4.94. The first-order valence-corrected chi connectivity index (χ1v) is 4.41. The minimum atomic E-state index is -0.290. The Morgan fingerprint density at radius 2 is 2.36 bits per heavy atom. The minimum absolute atomic E-state index is 0. The monoisotopic (exact) mass is 219 g/mol. The van der Waals surface area contributed by atoms with E-state index in [0.29, 0.717) is 12.2 Å². The van der Waals surface area contributed by atoms with E-state index in [-0.39, 0.29) is 43.7 Å². The van der Waals surface area contributed by atoms with Gasteiger partial charge in [-0.05, 0) is 18.6 Å². The zero-order chi connectivity index (χ0) is 9.52. The molecule has 0 aliphatic rings. The number of rotatable bonds is 4.